The van der Waals surface area contributed by atoms with Crippen molar-refractivity contribution >= 4 is 5.78 Å². The topological polar surface area (TPSA) is 105 Å². The summed E-state index contributed by atoms with van der Waals surface area (Å²) in [6.07, 6.45) is 7.31. The van der Waals surface area contributed by atoms with Gasteiger partial charge in [-0.05, 0) is 62.8 Å². The molecule has 0 radical (unpaired) electrons. The van der Waals surface area contributed by atoms with Gasteiger partial charge in [-0.1, -0.05) is 12.1 Å². The number of nitrogens with zero attached hydrogens (tertiary/aromatic N) is 5. The molecule has 3 aromatic rings. The van der Waals surface area contributed by atoms with Crippen LogP contribution >= 0.6 is 0 Å². The van der Waals surface area contributed by atoms with Crippen molar-refractivity contribution in [2.24, 2.45) is 0 Å². The van der Waals surface area contributed by atoms with Crippen LogP contribution in [0.15, 0.2) is 42.9 Å². The van der Waals surface area contributed by atoms with Gasteiger partial charge in [0.05, 0.1) is 40.7 Å². The molecule has 1 aliphatic carbocycles. The van der Waals surface area contributed by atoms with E-state index in [0.717, 1.165) is 16.8 Å². The van der Waals surface area contributed by atoms with E-state index in [1.165, 1.54) is 0 Å². The minimum Gasteiger partial charge on any atom is -0.393 e. The Kier molecular flexibility index (Phi) is 5.66. The summed E-state index contributed by atoms with van der Waals surface area (Å²) in [5, 5.41) is 23.9. The predicted octanol–water partition coefficient (Wildman–Crippen LogP) is 3.40. The molecule has 0 aliphatic heterocycles. The first-order valence-corrected chi connectivity index (χ1v) is 10.5. The Morgan fingerprint density at radius 1 is 1.16 bits per heavy atom. The van der Waals surface area contributed by atoms with Crippen LogP contribution in [-0.2, 0) is 11.8 Å². The van der Waals surface area contributed by atoms with Crippen LogP contribution in [0.2, 0.25) is 0 Å². The average Bonchev–Trinajstić information content (AvgIpc) is 3.17. The van der Waals surface area contributed by atoms with Crippen LogP contribution in [0, 0.1) is 25.2 Å². The number of ketones is 1. The van der Waals surface area contributed by atoms with E-state index in [2.05, 4.69) is 21.1 Å². The summed E-state index contributed by atoms with van der Waals surface area (Å²) < 4.78 is 1.67. The van der Waals surface area contributed by atoms with Gasteiger partial charge in [0, 0.05) is 18.8 Å². The zero-order valence-corrected chi connectivity index (χ0v) is 17.7. The van der Waals surface area contributed by atoms with Gasteiger partial charge in [-0.25, -0.2) is 9.67 Å². The van der Waals surface area contributed by atoms with E-state index in [9.17, 15) is 15.2 Å². The molecule has 0 unspecified atom stereocenters. The lowest BCUT2D eigenvalue weighted by Gasteiger charge is -2.32. The Bertz CT molecular complexity index is 1120. The summed E-state index contributed by atoms with van der Waals surface area (Å²) in [4.78, 5) is 21.8. The normalized spacial score (nSPS) is 20.9. The van der Waals surface area contributed by atoms with Gasteiger partial charge in [-0.15, -0.1) is 0 Å². The Balaban J connectivity index is 1.49. The third-order valence-electron chi connectivity index (χ3n) is 6.13. The Hall–Kier alpha value is -3.37. The molecule has 1 N–H and O–H groups in total. The molecule has 1 fully saturated rings. The predicted molar refractivity (Wildman–Crippen MR) is 115 cm³/mol. The third kappa shape index (κ3) is 4.12. The molecule has 0 saturated heterocycles. The largest absolute Gasteiger partial charge is 0.393 e. The molecule has 0 aromatic carbocycles. The Morgan fingerprint density at radius 2 is 1.94 bits per heavy atom. The number of pyridine rings is 2. The minimum atomic E-state index is -0.652. The third-order valence-corrected chi connectivity index (χ3v) is 6.13. The van der Waals surface area contributed by atoms with E-state index in [4.69, 9.17) is 0 Å². The molecule has 7 nitrogen and oxygen atoms in total. The minimum absolute atomic E-state index is 0.0406. The van der Waals surface area contributed by atoms with E-state index in [-0.39, 0.29) is 18.3 Å². The molecule has 0 amide bonds. The van der Waals surface area contributed by atoms with E-state index in [0.29, 0.717) is 42.8 Å². The molecule has 31 heavy (non-hydrogen) atoms. The second kappa shape index (κ2) is 8.40. The number of rotatable bonds is 5. The van der Waals surface area contributed by atoms with Crippen molar-refractivity contribution in [3.8, 4) is 11.9 Å². The lowest BCUT2D eigenvalue weighted by molar-refractivity contribution is 0.0991. The first-order valence-electron chi connectivity index (χ1n) is 10.5. The summed E-state index contributed by atoms with van der Waals surface area (Å²) in [6, 6.07) is 9.96. The fraction of sp³-hybridized carbons (Fsp3) is 0.375. The molecule has 7 heteroatoms. The summed E-state index contributed by atoms with van der Waals surface area (Å²) in [5.74, 6) is 0.633. The molecule has 0 bridgehead atoms. The van der Waals surface area contributed by atoms with Gasteiger partial charge in [0.15, 0.2) is 11.6 Å². The van der Waals surface area contributed by atoms with Gasteiger partial charge < -0.3 is 5.11 Å². The number of carbonyl (C=O) groups excluding carboxylic acids is 1. The van der Waals surface area contributed by atoms with E-state index >= 15 is 0 Å². The van der Waals surface area contributed by atoms with Crippen molar-refractivity contribution in [3.63, 3.8) is 0 Å². The second-order valence-electron chi connectivity index (χ2n) is 8.33. The highest BCUT2D eigenvalue weighted by Crippen LogP contribution is 2.38. The SMILES string of the molecule is Cc1ccc(-n2ncc(C(=O)Cc3ccc(C4(C#N)CCC(O)CC4)nc3)c2C)nc1. The standard InChI is InChI=1S/C24H25N5O2/c1-16-3-6-23(27-12-16)29-17(2)20(14-28-29)21(31)11-18-4-5-22(26-13-18)24(15-25)9-7-19(30)8-10-24/h3-6,12-14,19,30H,7-11H2,1-2H3. The van der Waals surface area contributed by atoms with Gasteiger partial charge in [-0.3, -0.25) is 9.78 Å². The fourth-order valence-electron chi connectivity index (χ4n) is 4.11. The molecule has 1 saturated carbocycles. The lowest BCUT2D eigenvalue weighted by atomic mass is 9.72. The number of aromatic nitrogens is 4. The van der Waals surface area contributed by atoms with Crippen molar-refractivity contribution in [2.75, 3.05) is 0 Å². The highest BCUT2D eigenvalue weighted by molar-refractivity contribution is 5.98. The molecule has 0 spiro atoms. The second-order valence-corrected chi connectivity index (χ2v) is 8.33. The molecule has 1 aliphatic rings. The summed E-state index contributed by atoms with van der Waals surface area (Å²) >= 11 is 0. The molecule has 4 rings (SSSR count). The van der Waals surface area contributed by atoms with Crippen LogP contribution in [0.25, 0.3) is 5.82 Å². The molecule has 3 heterocycles. The highest BCUT2D eigenvalue weighted by Gasteiger charge is 2.37. The quantitative estimate of drug-likeness (QED) is 0.641. The number of aliphatic hydroxyl groups is 1. The smallest absolute Gasteiger partial charge is 0.170 e. The van der Waals surface area contributed by atoms with E-state index in [1.807, 2.05) is 38.1 Å². The maximum atomic E-state index is 12.9. The van der Waals surface area contributed by atoms with Crippen LogP contribution in [0.1, 0.15) is 58.6 Å². The summed E-state index contributed by atoms with van der Waals surface area (Å²) in [5.41, 5.74) is 3.21. The van der Waals surface area contributed by atoms with Crippen molar-refractivity contribution in [3.05, 3.63) is 70.9 Å². The number of hydrogen-bond donors (Lipinski definition) is 1. The fourth-order valence-corrected chi connectivity index (χ4v) is 4.11. The number of aliphatic hydroxyl groups excluding tert-OH is 1. The van der Waals surface area contributed by atoms with Crippen LogP contribution in [0.3, 0.4) is 0 Å². The van der Waals surface area contributed by atoms with Gasteiger partial charge in [0.25, 0.3) is 0 Å². The van der Waals surface area contributed by atoms with Gasteiger partial charge >= 0.3 is 0 Å². The lowest BCUT2D eigenvalue weighted by Crippen LogP contribution is -2.33. The van der Waals surface area contributed by atoms with Gasteiger partial charge in [0.2, 0.25) is 0 Å². The molecule has 3 aromatic heterocycles. The summed E-state index contributed by atoms with van der Waals surface area (Å²) in [6.45, 7) is 3.83. The number of Topliss-reactive ketones (excluding diaryl/α,β-unsaturated/α-hetero) is 1. The van der Waals surface area contributed by atoms with Gasteiger partial charge in [-0.2, -0.15) is 10.4 Å². The summed E-state index contributed by atoms with van der Waals surface area (Å²) in [7, 11) is 0. The maximum absolute atomic E-state index is 12.9. The zero-order valence-electron chi connectivity index (χ0n) is 17.7. The highest BCUT2D eigenvalue weighted by atomic mass is 16.3. The Morgan fingerprint density at radius 3 is 2.55 bits per heavy atom. The number of nitriles is 1. The van der Waals surface area contributed by atoms with Crippen molar-refractivity contribution in [2.45, 2.75) is 57.5 Å². The number of hydrogen-bond acceptors (Lipinski definition) is 6. The Labute approximate surface area is 181 Å². The molecular weight excluding hydrogens is 390 g/mol. The number of carbonyl (C=O) groups is 1. The van der Waals surface area contributed by atoms with Crippen molar-refractivity contribution in [1.29, 1.82) is 5.26 Å². The first kappa shape index (κ1) is 20.9. The van der Waals surface area contributed by atoms with Crippen LogP contribution in [0.4, 0.5) is 0 Å². The maximum Gasteiger partial charge on any atom is 0.170 e. The van der Waals surface area contributed by atoms with Crippen LogP contribution < -0.4 is 0 Å². The van der Waals surface area contributed by atoms with Gasteiger partial charge in [0.1, 0.15) is 0 Å². The van der Waals surface area contributed by atoms with E-state index < -0.39 is 5.41 Å². The van der Waals surface area contributed by atoms with Crippen molar-refractivity contribution < 1.29 is 9.90 Å². The number of aryl methyl sites for hydroxylation is 1. The molecule has 0 atom stereocenters. The van der Waals surface area contributed by atoms with Crippen LogP contribution in [0.5, 0.6) is 0 Å². The van der Waals surface area contributed by atoms with Crippen LogP contribution in [-0.4, -0.2) is 36.7 Å². The average molecular weight is 415 g/mol. The zero-order chi connectivity index (χ0) is 22.0. The van der Waals surface area contributed by atoms with Crippen molar-refractivity contribution in [1.82, 2.24) is 19.7 Å². The van der Waals surface area contributed by atoms with E-state index in [1.54, 1.807) is 23.3 Å². The molecular formula is C24H25N5O2. The molecule has 158 valence electrons. The monoisotopic (exact) mass is 415 g/mol. The first-order chi connectivity index (χ1) is 14.9.